The third kappa shape index (κ3) is 19.8. The molecule has 0 heterocycles. The third-order valence-electron chi connectivity index (χ3n) is 2.47. The van der Waals surface area contributed by atoms with Crippen LogP contribution in [0.15, 0.2) is 0 Å². The maximum Gasteiger partial charge on any atom is 0.0707 e. The summed E-state index contributed by atoms with van der Waals surface area (Å²) in [5, 5.41) is 0. The van der Waals surface area contributed by atoms with E-state index in [0.717, 1.165) is 13.0 Å². The summed E-state index contributed by atoms with van der Waals surface area (Å²) in [7, 11) is 0. The van der Waals surface area contributed by atoms with Crippen LogP contribution in [0.1, 0.15) is 48.0 Å². The van der Waals surface area contributed by atoms with Gasteiger partial charge in [-0.1, -0.05) is 0 Å². The predicted molar refractivity (Wildman–Crippen MR) is 88.5 cm³/mol. The molecule has 0 spiro atoms. The topological polar surface area (TPSA) is 46.2 Å². The Bertz CT molecular complexity index is 216. The van der Waals surface area contributed by atoms with E-state index in [0.29, 0.717) is 46.2 Å². The molecular weight excluding hydrogens is 284 g/mol. The van der Waals surface area contributed by atoms with Crippen molar-refractivity contribution in [2.24, 2.45) is 0 Å². The second-order valence-corrected chi connectivity index (χ2v) is 7.11. The van der Waals surface area contributed by atoms with E-state index >= 15 is 0 Å². The summed E-state index contributed by atoms with van der Waals surface area (Å²) in [5.41, 5.74) is -0.170. The molecule has 0 unspecified atom stereocenters. The van der Waals surface area contributed by atoms with Gasteiger partial charge in [-0.05, 0) is 48.0 Å². The quantitative estimate of drug-likeness (QED) is 0.488. The van der Waals surface area contributed by atoms with Gasteiger partial charge in [0, 0.05) is 13.2 Å². The summed E-state index contributed by atoms with van der Waals surface area (Å²) in [4.78, 5) is 0. The zero-order valence-corrected chi connectivity index (χ0v) is 15.4. The van der Waals surface area contributed by atoms with E-state index in [4.69, 9.17) is 23.7 Å². The van der Waals surface area contributed by atoms with Gasteiger partial charge in [-0.2, -0.15) is 0 Å². The van der Waals surface area contributed by atoms with E-state index in [9.17, 15) is 0 Å². The largest absolute Gasteiger partial charge is 0.379 e. The number of ether oxygens (including phenoxy) is 5. The SMILES string of the molecule is CC(C)(C)OCCCOCCOCCOCCOC(C)(C)C. The predicted octanol–water partition coefficient (Wildman–Crippen LogP) is 3.06. The second kappa shape index (κ2) is 12.3. The average Bonchev–Trinajstić information content (AvgIpc) is 2.36. The monoisotopic (exact) mass is 320 g/mol. The lowest BCUT2D eigenvalue weighted by atomic mass is 10.2. The summed E-state index contributed by atoms with van der Waals surface area (Å²) >= 11 is 0. The van der Waals surface area contributed by atoms with Crippen LogP contribution < -0.4 is 0 Å². The molecule has 0 fully saturated rings. The number of hydrogen-bond acceptors (Lipinski definition) is 5. The van der Waals surface area contributed by atoms with Crippen LogP contribution in [-0.2, 0) is 23.7 Å². The molecule has 134 valence electrons. The minimum absolute atomic E-state index is 0.0684. The van der Waals surface area contributed by atoms with Crippen LogP contribution in [0.5, 0.6) is 0 Å². The first-order valence-corrected chi connectivity index (χ1v) is 8.22. The Morgan fingerprint density at radius 1 is 0.455 bits per heavy atom. The summed E-state index contributed by atoms with van der Waals surface area (Å²) in [6, 6.07) is 0. The van der Waals surface area contributed by atoms with Crippen molar-refractivity contribution in [2.75, 3.05) is 52.9 Å². The van der Waals surface area contributed by atoms with Crippen LogP contribution >= 0.6 is 0 Å². The van der Waals surface area contributed by atoms with E-state index in [1.165, 1.54) is 0 Å². The van der Waals surface area contributed by atoms with Gasteiger partial charge in [0.05, 0.1) is 50.8 Å². The van der Waals surface area contributed by atoms with Gasteiger partial charge in [0.1, 0.15) is 0 Å². The van der Waals surface area contributed by atoms with Crippen molar-refractivity contribution in [1.82, 2.24) is 0 Å². The highest BCUT2D eigenvalue weighted by molar-refractivity contribution is 4.58. The van der Waals surface area contributed by atoms with Gasteiger partial charge in [-0.15, -0.1) is 0 Å². The van der Waals surface area contributed by atoms with Gasteiger partial charge in [0.25, 0.3) is 0 Å². The molecule has 0 N–H and O–H groups in total. The lowest BCUT2D eigenvalue weighted by molar-refractivity contribution is -0.0461. The minimum Gasteiger partial charge on any atom is -0.379 e. The summed E-state index contributed by atoms with van der Waals surface area (Å²) in [6.45, 7) is 17.3. The Morgan fingerprint density at radius 2 is 0.818 bits per heavy atom. The van der Waals surface area contributed by atoms with E-state index in [2.05, 4.69) is 20.8 Å². The molecule has 0 radical (unpaired) electrons. The van der Waals surface area contributed by atoms with Crippen molar-refractivity contribution < 1.29 is 23.7 Å². The van der Waals surface area contributed by atoms with Crippen molar-refractivity contribution in [1.29, 1.82) is 0 Å². The molecule has 0 aliphatic carbocycles. The molecule has 0 rings (SSSR count). The smallest absolute Gasteiger partial charge is 0.0707 e. The molecule has 0 aliphatic heterocycles. The van der Waals surface area contributed by atoms with E-state index in [1.54, 1.807) is 0 Å². The van der Waals surface area contributed by atoms with E-state index in [-0.39, 0.29) is 11.2 Å². The fourth-order valence-corrected chi connectivity index (χ4v) is 1.49. The Balaban J connectivity index is 3.09. The minimum atomic E-state index is -0.102. The Morgan fingerprint density at radius 3 is 1.27 bits per heavy atom. The molecule has 0 saturated carbocycles. The standard InChI is InChI=1S/C17H36O5/c1-16(2,3)21-9-7-8-18-10-11-19-12-13-20-14-15-22-17(4,5)6/h7-15H2,1-6H3. The highest BCUT2D eigenvalue weighted by atomic mass is 16.6. The summed E-state index contributed by atoms with van der Waals surface area (Å²) in [5.74, 6) is 0. The zero-order chi connectivity index (χ0) is 16.9. The molecule has 0 saturated heterocycles. The molecule has 0 amide bonds. The highest BCUT2D eigenvalue weighted by Gasteiger charge is 2.09. The van der Waals surface area contributed by atoms with Gasteiger partial charge in [-0.25, -0.2) is 0 Å². The molecule has 5 heteroatoms. The van der Waals surface area contributed by atoms with Crippen LogP contribution in [0.4, 0.5) is 0 Å². The molecule has 0 aromatic rings. The molecule has 0 atom stereocenters. The van der Waals surface area contributed by atoms with E-state index in [1.807, 2.05) is 20.8 Å². The first-order chi connectivity index (χ1) is 10.2. The van der Waals surface area contributed by atoms with Crippen LogP contribution in [0.3, 0.4) is 0 Å². The van der Waals surface area contributed by atoms with Gasteiger partial charge < -0.3 is 23.7 Å². The highest BCUT2D eigenvalue weighted by Crippen LogP contribution is 2.06. The van der Waals surface area contributed by atoms with Crippen molar-refractivity contribution in [3.63, 3.8) is 0 Å². The summed E-state index contributed by atoms with van der Waals surface area (Å²) < 4.78 is 27.4. The van der Waals surface area contributed by atoms with Gasteiger partial charge in [0.15, 0.2) is 0 Å². The van der Waals surface area contributed by atoms with Crippen molar-refractivity contribution in [3.05, 3.63) is 0 Å². The van der Waals surface area contributed by atoms with Crippen molar-refractivity contribution in [3.8, 4) is 0 Å². The molecular formula is C17H36O5. The van der Waals surface area contributed by atoms with Crippen LogP contribution in [0, 0.1) is 0 Å². The van der Waals surface area contributed by atoms with Gasteiger partial charge >= 0.3 is 0 Å². The Hall–Kier alpha value is -0.200. The molecule has 22 heavy (non-hydrogen) atoms. The van der Waals surface area contributed by atoms with Gasteiger partial charge in [-0.3, -0.25) is 0 Å². The van der Waals surface area contributed by atoms with Crippen molar-refractivity contribution >= 4 is 0 Å². The van der Waals surface area contributed by atoms with Crippen LogP contribution in [0.2, 0.25) is 0 Å². The zero-order valence-electron chi connectivity index (χ0n) is 15.4. The normalized spacial score (nSPS) is 12.8. The fraction of sp³-hybridized carbons (Fsp3) is 1.00. The number of hydrogen-bond donors (Lipinski definition) is 0. The third-order valence-corrected chi connectivity index (χ3v) is 2.47. The first-order valence-electron chi connectivity index (χ1n) is 8.22. The Labute approximate surface area is 136 Å². The second-order valence-electron chi connectivity index (χ2n) is 7.11. The van der Waals surface area contributed by atoms with Crippen molar-refractivity contribution in [2.45, 2.75) is 59.2 Å². The molecule has 5 nitrogen and oxygen atoms in total. The Kier molecular flexibility index (Phi) is 12.1. The number of rotatable bonds is 13. The maximum absolute atomic E-state index is 5.60. The molecule has 0 bridgehead atoms. The lowest BCUT2D eigenvalue weighted by Crippen LogP contribution is -2.22. The molecule has 0 aromatic carbocycles. The van der Waals surface area contributed by atoms with Crippen LogP contribution in [-0.4, -0.2) is 64.1 Å². The maximum atomic E-state index is 5.60. The first kappa shape index (κ1) is 21.8. The summed E-state index contributed by atoms with van der Waals surface area (Å²) in [6.07, 6.45) is 0.911. The molecule has 0 aromatic heterocycles. The average molecular weight is 320 g/mol. The van der Waals surface area contributed by atoms with Crippen LogP contribution in [0.25, 0.3) is 0 Å². The molecule has 0 aliphatic rings. The lowest BCUT2D eigenvalue weighted by Gasteiger charge is -2.19. The fourth-order valence-electron chi connectivity index (χ4n) is 1.49. The van der Waals surface area contributed by atoms with E-state index < -0.39 is 0 Å². The van der Waals surface area contributed by atoms with Gasteiger partial charge in [0.2, 0.25) is 0 Å².